The minimum absolute atomic E-state index is 0.151. The van der Waals surface area contributed by atoms with Crippen molar-refractivity contribution in [1.82, 2.24) is 4.90 Å². The zero-order valence-electron chi connectivity index (χ0n) is 18.7. The third-order valence-corrected chi connectivity index (χ3v) is 5.69. The summed E-state index contributed by atoms with van der Waals surface area (Å²) in [5, 5.41) is -0.315. The largest absolute Gasteiger partial charge is 0.493 e. The number of benzene rings is 2. The number of carbonyl (C=O) groups is 3. The predicted octanol–water partition coefficient (Wildman–Crippen LogP) is 5.36. The Morgan fingerprint density at radius 2 is 1.55 bits per heavy atom. The number of hydrogen-bond acceptors (Lipinski definition) is 6. The van der Waals surface area contributed by atoms with Crippen LogP contribution in [0.5, 0.6) is 11.5 Å². The van der Waals surface area contributed by atoms with Gasteiger partial charge in [0, 0.05) is 0 Å². The molecule has 0 aromatic heterocycles. The molecule has 0 bridgehead atoms. The minimum atomic E-state index is -0.328. The van der Waals surface area contributed by atoms with E-state index in [0.29, 0.717) is 22.0 Å². The average Bonchev–Trinajstić information content (AvgIpc) is 3.07. The van der Waals surface area contributed by atoms with Crippen molar-refractivity contribution in [2.45, 2.75) is 13.8 Å². The smallest absolute Gasteiger partial charge is 0.293 e. The number of para-hydroxylation sites is 2. The number of aldehydes is 1. The Labute approximate surface area is 197 Å². The Hall–Kier alpha value is -3.58. The van der Waals surface area contributed by atoms with Gasteiger partial charge >= 0.3 is 0 Å². The lowest BCUT2D eigenvalue weighted by Crippen LogP contribution is -2.32. The molecule has 0 spiro atoms. The van der Waals surface area contributed by atoms with E-state index in [9.17, 15) is 14.4 Å². The molecule has 1 aliphatic rings. The lowest BCUT2D eigenvalue weighted by atomic mass is 10.1. The molecule has 1 fully saturated rings. The third-order valence-electron chi connectivity index (χ3n) is 4.78. The summed E-state index contributed by atoms with van der Waals surface area (Å²) in [5.41, 5.74) is 3.39. The number of carbonyl (C=O) groups excluding carboxylic acids is 3. The Kier molecular flexibility index (Phi) is 8.27. The first-order valence-electron chi connectivity index (χ1n) is 10.3. The van der Waals surface area contributed by atoms with Crippen LogP contribution < -0.4 is 9.47 Å². The van der Waals surface area contributed by atoms with Gasteiger partial charge in [-0.05, 0) is 72.2 Å². The van der Waals surface area contributed by atoms with Gasteiger partial charge in [0.25, 0.3) is 11.1 Å². The molecule has 1 heterocycles. The van der Waals surface area contributed by atoms with Gasteiger partial charge in [0.1, 0.15) is 12.9 Å². The fourth-order valence-electron chi connectivity index (χ4n) is 3.17. The molecule has 170 valence electrons. The van der Waals surface area contributed by atoms with E-state index in [-0.39, 0.29) is 24.3 Å². The van der Waals surface area contributed by atoms with Gasteiger partial charge in [0.15, 0.2) is 11.5 Å². The molecule has 3 rings (SSSR count). The van der Waals surface area contributed by atoms with Crippen molar-refractivity contribution >= 4 is 41.3 Å². The molecule has 0 saturated carbocycles. The van der Waals surface area contributed by atoms with E-state index in [2.05, 4.69) is 0 Å². The molecule has 0 unspecified atom stereocenters. The van der Waals surface area contributed by atoms with Gasteiger partial charge in [-0.25, -0.2) is 0 Å². The highest BCUT2D eigenvalue weighted by atomic mass is 32.2. The number of amides is 2. The second kappa shape index (κ2) is 11.3. The lowest BCUT2D eigenvalue weighted by molar-refractivity contribution is -0.123. The first-order chi connectivity index (χ1) is 15.9. The van der Waals surface area contributed by atoms with Gasteiger partial charge in [-0.1, -0.05) is 42.5 Å². The normalized spacial score (nSPS) is 15.8. The van der Waals surface area contributed by atoms with Crippen molar-refractivity contribution < 1.29 is 23.9 Å². The zero-order valence-corrected chi connectivity index (χ0v) is 19.6. The molecular formula is C26H25NO5S. The van der Waals surface area contributed by atoms with Crippen LogP contribution >= 0.6 is 11.8 Å². The van der Waals surface area contributed by atoms with E-state index < -0.39 is 0 Å². The number of thioether (sulfide) groups is 1. The Morgan fingerprint density at radius 1 is 0.939 bits per heavy atom. The van der Waals surface area contributed by atoms with E-state index in [1.54, 1.807) is 38.3 Å². The molecular weight excluding hydrogens is 438 g/mol. The number of allylic oxidation sites excluding steroid dienone is 3. The fraction of sp³-hybridized carbons (Fsp3) is 0.192. The van der Waals surface area contributed by atoms with Gasteiger partial charge in [0.05, 0.1) is 18.6 Å². The first-order valence-corrected chi connectivity index (χ1v) is 11.2. The summed E-state index contributed by atoms with van der Waals surface area (Å²) in [6.07, 6.45) is 6.27. The summed E-state index contributed by atoms with van der Waals surface area (Å²) in [6, 6.07) is 14.9. The van der Waals surface area contributed by atoms with Crippen LogP contribution in [0, 0.1) is 0 Å². The summed E-state index contributed by atoms with van der Waals surface area (Å²) in [7, 11) is 1.55. The number of imide groups is 1. The van der Waals surface area contributed by atoms with E-state index in [4.69, 9.17) is 9.47 Å². The van der Waals surface area contributed by atoms with Crippen molar-refractivity contribution in [1.29, 1.82) is 0 Å². The number of ether oxygens (including phenoxy) is 2. The molecule has 7 heteroatoms. The van der Waals surface area contributed by atoms with Crippen LogP contribution in [0.15, 0.2) is 70.7 Å². The number of hydrogen-bond donors (Lipinski definition) is 0. The van der Waals surface area contributed by atoms with Crippen molar-refractivity contribution in [3.63, 3.8) is 0 Å². The van der Waals surface area contributed by atoms with E-state index in [1.807, 2.05) is 49.4 Å². The van der Waals surface area contributed by atoms with Gasteiger partial charge in [-0.2, -0.15) is 0 Å². The van der Waals surface area contributed by atoms with Gasteiger partial charge in [0.2, 0.25) is 0 Å². The molecule has 0 aliphatic carbocycles. The van der Waals surface area contributed by atoms with E-state index in [1.165, 1.54) is 4.90 Å². The average molecular weight is 464 g/mol. The van der Waals surface area contributed by atoms with E-state index in [0.717, 1.165) is 34.7 Å². The van der Waals surface area contributed by atoms with Crippen molar-refractivity contribution in [2.75, 3.05) is 20.3 Å². The van der Waals surface area contributed by atoms with Gasteiger partial charge < -0.3 is 9.47 Å². The molecule has 0 atom stereocenters. The van der Waals surface area contributed by atoms with E-state index >= 15 is 0 Å². The molecule has 1 aliphatic heterocycles. The van der Waals surface area contributed by atoms with Gasteiger partial charge in [-0.3, -0.25) is 19.3 Å². The first kappa shape index (κ1) is 24.1. The lowest BCUT2D eigenvalue weighted by Gasteiger charge is -2.14. The van der Waals surface area contributed by atoms with Crippen LogP contribution in [-0.4, -0.2) is 42.6 Å². The molecule has 6 nitrogen and oxygen atoms in total. The quantitative estimate of drug-likeness (QED) is 0.368. The Morgan fingerprint density at radius 3 is 2.15 bits per heavy atom. The maximum Gasteiger partial charge on any atom is 0.293 e. The fourth-order valence-corrected chi connectivity index (χ4v) is 4.09. The molecule has 2 aromatic carbocycles. The monoisotopic (exact) mass is 463 g/mol. The second-order valence-electron chi connectivity index (χ2n) is 7.39. The van der Waals surface area contributed by atoms with Crippen LogP contribution in [0.25, 0.3) is 12.2 Å². The standard InChI is InChI=1S/C26H25NO5S/c1-18(14-20-8-10-21(11-9-20)15-19(2)17-28)16-24-25(29)27(26(30)33-24)12-13-32-23-7-5-4-6-22(23)31-3/h4-11,14-17H,12-13H2,1-3H3/b18-14+,19-15+,24-16-. The second-order valence-corrected chi connectivity index (χ2v) is 8.39. The minimum Gasteiger partial charge on any atom is -0.493 e. The summed E-state index contributed by atoms with van der Waals surface area (Å²) in [5.74, 6) is 0.825. The van der Waals surface area contributed by atoms with Crippen LogP contribution in [0.3, 0.4) is 0 Å². The number of nitrogens with zero attached hydrogens (tertiary/aromatic N) is 1. The third kappa shape index (κ3) is 6.46. The van der Waals surface area contributed by atoms with Crippen molar-refractivity contribution in [3.05, 3.63) is 81.8 Å². The van der Waals surface area contributed by atoms with Gasteiger partial charge in [-0.15, -0.1) is 0 Å². The van der Waals surface area contributed by atoms with Crippen molar-refractivity contribution in [3.8, 4) is 11.5 Å². The summed E-state index contributed by atoms with van der Waals surface area (Å²) in [6.45, 7) is 3.95. The van der Waals surface area contributed by atoms with Crippen LogP contribution in [0.2, 0.25) is 0 Å². The van der Waals surface area contributed by atoms with Crippen LogP contribution in [-0.2, 0) is 9.59 Å². The molecule has 1 saturated heterocycles. The Balaban J connectivity index is 1.62. The summed E-state index contributed by atoms with van der Waals surface area (Å²) < 4.78 is 10.9. The highest BCUT2D eigenvalue weighted by Crippen LogP contribution is 2.32. The molecule has 0 N–H and O–H groups in total. The highest BCUT2D eigenvalue weighted by Gasteiger charge is 2.34. The molecule has 2 aromatic rings. The van der Waals surface area contributed by atoms with Crippen LogP contribution in [0.1, 0.15) is 25.0 Å². The number of methoxy groups -OCH3 is 1. The molecule has 0 radical (unpaired) electrons. The predicted molar refractivity (Wildman–Crippen MR) is 131 cm³/mol. The zero-order chi connectivity index (χ0) is 23.8. The SMILES string of the molecule is COc1ccccc1OCCN1C(=O)S/C(=C\C(C)=C\c2ccc(/C=C(\C)C=O)cc2)C1=O. The van der Waals surface area contributed by atoms with Crippen LogP contribution in [0.4, 0.5) is 4.79 Å². The maximum atomic E-state index is 12.7. The topological polar surface area (TPSA) is 72.9 Å². The molecule has 33 heavy (non-hydrogen) atoms. The summed E-state index contributed by atoms with van der Waals surface area (Å²) in [4.78, 5) is 37.4. The Bertz CT molecular complexity index is 1130. The summed E-state index contributed by atoms with van der Waals surface area (Å²) >= 11 is 0.923. The number of rotatable bonds is 9. The van der Waals surface area contributed by atoms with Crippen molar-refractivity contribution in [2.24, 2.45) is 0 Å². The molecule has 2 amide bonds. The maximum absolute atomic E-state index is 12.7. The highest BCUT2D eigenvalue weighted by molar-refractivity contribution is 8.18.